The fourth-order valence-electron chi connectivity index (χ4n) is 1.06. The van der Waals surface area contributed by atoms with Crippen LogP contribution in [0, 0.1) is 5.82 Å². The lowest BCUT2D eigenvalue weighted by atomic mass is 10.1. The Balaban J connectivity index is 3.17. The van der Waals surface area contributed by atoms with Gasteiger partial charge in [0.05, 0.1) is 5.56 Å². The van der Waals surface area contributed by atoms with Crippen LogP contribution in [-0.4, -0.2) is 11.8 Å². The van der Waals surface area contributed by atoms with E-state index in [0.717, 1.165) is 0 Å². The van der Waals surface area contributed by atoms with E-state index in [4.69, 9.17) is 5.11 Å². The molecule has 0 amide bonds. The van der Waals surface area contributed by atoms with Crippen LogP contribution in [0.1, 0.15) is 17.2 Å². The second-order valence-corrected chi connectivity index (χ2v) is 2.94. The SMILES string of the molecule is OC(CF)c1cc(F)cc(C(F)(F)F)c1. The van der Waals surface area contributed by atoms with Crippen molar-refractivity contribution in [3.63, 3.8) is 0 Å². The zero-order valence-electron chi connectivity index (χ0n) is 7.35. The molecule has 0 aliphatic carbocycles. The standard InChI is InChI=1S/C9H7F5O/c10-4-8(15)5-1-6(9(12,13)14)3-7(11)2-5/h1-3,8,15H,4H2. The second-order valence-electron chi connectivity index (χ2n) is 2.94. The van der Waals surface area contributed by atoms with Crippen LogP contribution in [0.5, 0.6) is 0 Å². The first-order valence-corrected chi connectivity index (χ1v) is 3.96. The van der Waals surface area contributed by atoms with Crippen molar-refractivity contribution in [1.82, 2.24) is 0 Å². The highest BCUT2D eigenvalue weighted by atomic mass is 19.4. The van der Waals surface area contributed by atoms with Crippen LogP contribution in [0.2, 0.25) is 0 Å². The van der Waals surface area contributed by atoms with Gasteiger partial charge in [0.25, 0.3) is 0 Å². The molecule has 0 heterocycles. The van der Waals surface area contributed by atoms with Crippen LogP contribution in [0.15, 0.2) is 18.2 Å². The molecule has 1 aromatic carbocycles. The average Bonchev–Trinajstić information content (AvgIpc) is 2.14. The van der Waals surface area contributed by atoms with Crippen molar-refractivity contribution in [2.75, 3.05) is 6.67 Å². The van der Waals surface area contributed by atoms with Gasteiger partial charge in [-0.2, -0.15) is 13.2 Å². The smallest absolute Gasteiger partial charge is 0.386 e. The van der Waals surface area contributed by atoms with Crippen LogP contribution in [0.3, 0.4) is 0 Å². The third kappa shape index (κ3) is 2.89. The number of alkyl halides is 4. The maximum absolute atomic E-state index is 12.7. The van der Waals surface area contributed by atoms with Crippen LogP contribution in [0.25, 0.3) is 0 Å². The summed E-state index contributed by atoms with van der Waals surface area (Å²) in [6, 6.07) is 1.47. The monoisotopic (exact) mass is 226 g/mol. The molecule has 0 saturated carbocycles. The first kappa shape index (κ1) is 11.9. The molecule has 0 aromatic heterocycles. The van der Waals surface area contributed by atoms with Gasteiger partial charge in [-0.1, -0.05) is 0 Å². The molecule has 0 radical (unpaired) electrons. The Labute approximate surface area is 82.1 Å². The van der Waals surface area contributed by atoms with E-state index in [9.17, 15) is 22.0 Å². The number of halogens is 5. The molecule has 0 fully saturated rings. The Hall–Kier alpha value is -1.17. The van der Waals surface area contributed by atoms with Crippen LogP contribution in [-0.2, 0) is 6.18 Å². The summed E-state index contributed by atoms with van der Waals surface area (Å²) in [5.74, 6) is -1.16. The molecule has 0 spiro atoms. The molecular weight excluding hydrogens is 219 g/mol. The average molecular weight is 226 g/mol. The normalized spacial score (nSPS) is 14.0. The third-order valence-electron chi connectivity index (χ3n) is 1.78. The molecule has 15 heavy (non-hydrogen) atoms. The van der Waals surface area contributed by atoms with E-state index in [1.165, 1.54) is 0 Å². The lowest BCUT2D eigenvalue weighted by Crippen LogP contribution is -2.08. The molecule has 1 rings (SSSR count). The predicted molar refractivity (Wildman–Crippen MR) is 42.3 cm³/mol. The van der Waals surface area contributed by atoms with Crippen molar-refractivity contribution in [1.29, 1.82) is 0 Å². The van der Waals surface area contributed by atoms with E-state index < -0.39 is 35.9 Å². The van der Waals surface area contributed by atoms with Gasteiger partial charge in [-0.25, -0.2) is 8.78 Å². The molecule has 0 aliphatic heterocycles. The van der Waals surface area contributed by atoms with Gasteiger partial charge < -0.3 is 5.11 Å². The summed E-state index contributed by atoms with van der Waals surface area (Å²) in [6.07, 6.45) is -6.45. The minimum Gasteiger partial charge on any atom is -0.386 e. The van der Waals surface area contributed by atoms with Gasteiger partial charge in [0.2, 0.25) is 0 Å². The van der Waals surface area contributed by atoms with Crippen molar-refractivity contribution in [2.24, 2.45) is 0 Å². The fourth-order valence-corrected chi connectivity index (χ4v) is 1.06. The summed E-state index contributed by atoms with van der Waals surface area (Å²) in [6.45, 7) is -1.26. The van der Waals surface area contributed by atoms with Crippen LogP contribution < -0.4 is 0 Å². The van der Waals surface area contributed by atoms with Gasteiger partial charge in [-0.05, 0) is 23.8 Å². The topological polar surface area (TPSA) is 20.2 Å². The highest BCUT2D eigenvalue weighted by Gasteiger charge is 2.31. The highest BCUT2D eigenvalue weighted by molar-refractivity contribution is 5.28. The number of aliphatic hydroxyl groups is 1. The minimum absolute atomic E-state index is 0.286. The van der Waals surface area contributed by atoms with E-state index in [-0.39, 0.29) is 6.07 Å². The molecule has 1 aromatic rings. The zero-order valence-corrected chi connectivity index (χ0v) is 7.35. The molecule has 84 valence electrons. The summed E-state index contributed by atoms with van der Waals surface area (Å²) >= 11 is 0. The summed E-state index contributed by atoms with van der Waals surface area (Å²) in [5, 5.41) is 8.93. The van der Waals surface area contributed by atoms with E-state index in [1.54, 1.807) is 0 Å². The van der Waals surface area contributed by atoms with Crippen LogP contribution in [0.4, 0.5) is 22.0 Å². The first-order chi connectivity index (χ1) is 6.84. The summed E-state index contributed by atoms with van der Waals surface area (Å²) in [7, 11) is 0. The molecule has 0 aliphatic rings. The number of rotatable bonds is 2. The molecule has 1 atom stereocenters. The van der Waals surface area contributed by atoms with Crippen LogP contribution >= 0.6 is 0 Å². The maximum atomic E-state index is 12.7. The first-order valence-electron chi connectivity index (χ1n) is 3.96. The van der Waals surface area contributed by atoms with Gasteiger partial charge in [0, 0.05) is 0 Å². The lowest BCUT2D eigenvalue weighted by Gasteiger charge is -2.11. The number of hydrogen-bond acceptors (Lipinski definition) is 1. The molecule has 0 bridgehead atoms. The molecule has 1 unspecified atom stereocenters. The lowest BCUT2D eigenvalue weighted by molar-refractivity contribution is -0.137. The molecule has 1 N–H and O–H groups in total. The van der Waals surface area contributed by atoms with E-state index >= 15 is 0 Å². The van der Waals surface area contributed by atoms with Crippen molar-refractivity contribution in [3.05, 3.63) is 35.1 Å². The second kappa shape index (κ2) is 4.14. The molecule has 1 nitrogen and oxygen atoms in total. The van der Waals surface area contributed by atoms with Crippen molar-refractivity contribution in [2.45, 2.75) is 12.3 Å². The maximum Gasteiger partial charge on any atom is 0.416 e. The van der Waals surface area contributed by atoms with E-state index in [1.807, 2.05) is 0 Å². The number of benzene rings is 1. The minimum atomic E-state index is -4.72. The van der Waals surface area contributed by atoms with Gasteiger partial charge in [0.1, 0.15) is 18.6 Å². The Kier molecular flexibility index (Phi) is 3.28. The van der Waals surface area contributed by atoms with Crippen molar-refractivity contribution >= 4 is 0 Å². The molecule has 0 saturated heterocycles. The third-order valence-corrected chi connectivity index (χ3v) is 1.78. The summed E-state index contributed by atoms with van der Waals surface area (Å²) in [4.78, 5) is 0. The Morgan fingerprint density at radius 1 is 1.20 bits per heavy atom. The summed E-state index contributed by atoms with van der Waals surface area (Å²) < 4.78 is 61.2. The van der Waals surface area contributed by atoms with Gasteiger partial charge in [-0.3, -0.25) is 0 Å². The fraction of sp³-hybridized carbons (Fsp3) is 0.333. The van der Waals surface area contributed by atoms with Gasteiger partial charge in [0.15, 0.2) is 0 Å². The zero-order chi connectivity index (χ0) is 11.6. The summed E-state index contributed by atoms with van der Waals surface area (Å²) in [5.41, 5.74) is -1.67. The highest BCUT2D eigenvalue weighted by Crippen LogP contribution is 2.31. The van der Waals surface area contributed by atoms with Gasteiger partial charge in [-0.15, -0.1) is 0 Å². The Bertz CT molecular complexity index is 347. The molecular formula is C9H7F5O. The van der Waals surface area contributed by atoms with Gasteiger partial charge >= 0.3 is 6.18 Å². The van der Waals surface area contributed by atoms with Crippen molar-refractivity contribution < 1.29 is 27.1 Å². The quantitative estimate of drug-likeness (QED) is 0.769. The van der Waals surface area contributed by atoms with E-state index in [0.29, 0.717) is 12.1 Å². The van der Waals surface area contributed by atoms with Crippen molar-refractivity contribution in [3.8, 4) is 0 Å². The Morgan fingerprint density at radius 3 is 2.27 bits per heavy atom. The largest absolute Gasteiger partial charge is 0.416 e. The van der Waals surface area contributed by atoms with E-state index in [2.05, 4.69) is 0 Å². The molecule has 6 heteroatoms. The number of hydrogen-bond donors (Lipinski definition) is 1. The Morgan fingerprint density at radius 2 is 1.80 bits per heavy atom. The number of aliphatic hydroxyl groups excluding tert-OH is 1. The predicted octanol–water partition coefficient (Wildman–Crippen LogP) is 2.85.